The van der Waals surface area contributed by atoms with E-state index >= 15 is 0 Å². The number of nitrogens with zero attached hydrogens (tertiary/aromatic N) is 2. The summed E-state index contributed by atoms with van der Waals surface area (Å²) in [6.45, 7) is 0.416. The Bertz CT molecular complexity index is 909. The smallest absolute Gasteiger partial charge is 0.271 e. The summed E-state index contributed by atoms with van der Waals surface area (Å²) in [5, 5.41) is 3.94. The predicted molar refractivity (Wildman–Crippen MR) is 103 cm³/mol. The van der Waals surface area contributed by atoms with Gasteiger partial charge in [-0.1, -0.05) is 12.1 Å². The van der Waals surface area contributed by atoms with Crippen molar-refractivity contribution in [3.63, 3.8) is 0 Å². The van der Waals surface area contributed by atoms with Gasteiger partial charge in [0.1, 0.15) is 18.1 Å². The Morgan fingerprint density at radius 1 is 1.07 bits per heavy atom. The molecular weight excluding hydrogens is 342 g/mol. The molecule has 136 valence electrons. The maximum absolute atomic E-state index is 12.1. The Kier molecular flexibility index (Phi) is 6.14. The molecule has 1 amide bonds. The zero-order valence-electron chi connectivity index (χ0n) is 14.8. The first-order valence-electron chi connectivity index (χ1n) is 8.34. The van der Waals surface area contributed by atoms with Crippen LogP contribution in [0, 0.1) is 0 Å². The van der Waals surface area contributed by atoms with Crippen molar-refractivity contribution in [2.75, 3.05) is 7.11 Å². The number of pyridine rings is 1. The number of hydrogen-bond donors (Lipinski definition) is 1. The van der Waals surface area contributed by atoms with Crippen LogP contribution in [0.4, 0.5) is 0 Å². The van der Waals surface area contributed by atoms with E-state index in [2.05, 4.69) is 15.5 Å². The Labute approximate surface area is 157 Å². The van der Waals surface area contributed by atoms with E-state index in [4.69, 9.17) is 9.47 Å². The Balaban J connectivity index is 1.53. The molecule has 6 nitrogen and oxygen atoms in total. The summed E-state index contributed by atoms with van der Waals surface area (Å²) in [6.07, 6.45) is 4.88. The average molecular weight is 361 g/mol. The van der Waals surface area contributed by atoms with Gasteiger partial charge in [-0.25, -0.2) is 5.43 Å². The highest BCUT2D eigenvalue weighted by atomic mass is 16.5. The highest BCUT2D eigenvalue weighted by Crippen LogP contribution is 2.17. The first kappa shape index (κ1) is 18.1. The van der Waals surface area contributed by atoms with Gasteiger partial charge in [0.05, 0.1) is 13.3 Å². The third-order valence-electron chi connectivity index (χ3n) is 3.74. The van der Waals surface area contributed by atoms with E-state index in [1.165, 1.54) is 0 Å². The summed E-state index contributed by atoms with van der Waals surface area (Å²) in [4.78, 5) is 16.0. The fraction of sp³-hybridized carbons (Fsp3) is 0.0952. The number of hydrogen-bond acceptors (Lipinski definition) is 5. The molecule has 0 aliphatic carbocycles. The van der Waals surface area contributed by atoms with Gasteiger partial charge in [-0.05, 0) is 59.7 Å². The highest BCUT2D eigenvalue weighted by molar-refractivity contribution is 5.94. The van der Waals surface area contributed by atoms with Crippen molar-refractivity contribution in [2.24, 2.45) is 5.10 Å². The maximum atomic E-state index is 12.1. The molecule has 1 heterocycles. The topological polar surface area (TPSA) is 72.8 Å². The van der Waals surface area contributed by atoms with Crippen molar-refractivity contribution in [2.45, 2.75) is 6.61 Å². The average Bonchev–Trinajstić information content (AvgIpc) is 2.73. The fourth-order valence-corrected chi connectivity index (χ4v) is 2.31. The van der Waals surface area contributed by atoms with Gasteiger partial charge >= 0.3 is 0 Å². The van der Waals surface area contributed by atoms with E-state index in [9.17, 15) is 4.79 Å². The Morgan fingerprint density at radius 3 is 2.59 bits per heavy atom. The lowest BCUT2D eigenvalue weighted by Crippen LogP contribution is -2.17. The number of nitrogens with one attached hydrogen (secondary N) is 1. The number of rotatable bonds is 7. The third-order valence-corrected chi connectivity index (χ3v) is 3.74. The maximum Gasteiger partial charge on any atom is 0.271 e. The van der Waals surface area contributed by atoms with Gasteiger partial charge in [-0.3, -0.25) is 9.78 Å². The number of amides is 1. The molecular formula is C21H19N3O3. The molecule has 3 rings (SSSR count). The second kappa shape index (κ2) is 9.15. The number of carbonyl (C=O) groups excluding carboxylic acids is 1. The van der Waals surface area contributed by atoms with Crippen molar-refractivity contribution in [3.05, 3.63) is 89.7 Å². The van der Waals surface area contributed by atoms with E-state index in [0.717, 1.165) is 16.9 Å². The molecule has 0 saturated carbocycles. The lowest BCUT2D eigenvalue weighted by molar-refractivity contribution is 0.0955. The van der Waals surface area contributed by atoms with Crippen LogP contribution in [-0.2, 0) is 6.61 Å². The molecule has 0 saturated heterocycles. The SMILES string of the molecule is COc1cccc(COc2ccc(C(=O)NN=Cc3ccncc3)cc2)c1. The van der Waals surface area contributed by atoms with Gasteiger partial charge in [0.2, 0.25) is 0 Å². The lowest BCUT2D eigenvalue weighted by atomic mass is 10.2. The Morgan fingerprint density at radius 2 is 1.85 bits per heavy atom. The minimum absolute atomic E-state index is 0.292. The van der Waals surface area contributed by atoms with Crippen molar-refractivity contribution in [1.82, 2.24) is 10.4 Å². The van der Waals surface area contributed by atoms with Gasteiger partial charge < -0.3 is 9.47 Å². The summed E-state index contributed by atoms with van der Waals surface area (Å²) < 4.78 is 10.9. The second-order valence-corrected chi connectivity index (χ2v) is 5.64. The minimum Gasteiger partial charge on any atom is -0.497 e. The fourth-order valence-electron chi connectivity index (χ4n) is 2.31. The monoisotopic (exact) mass is 361 g/mol. The molecule has 0 aliphatic rings. The van der Waals surface area contributed by atoms with Crippen molar-refractivity contribution in [3.8, 4) is 11.5 Å². The van der Waals surface area contributed by atoms with Gasteiger partial charge in [0, 0.05) is 18.0 Å². The molecule has 1 N–H and O–H groups in total. The molecule has 0 spiro atoms. The number of aromatic nitrogens is 1. The van der Waals surface area contributed by atoms with Gasteiger partial charge in [-0.15, -0.1) is 0 Å². The molecule has 2 aromatic carbocycles. The van der Waals surface area contributed by atoms with Gasteiger partial charge in [0.25, 0.3) is 5.91 Å². The van der Waals surface area contributed by atoms with Crippen LogP contribution in [0.25, 0.3) is 0 Å². The van der Waals surface area contributed by atoms with Gasteiger partial charge in [-0.2, -0.15) is 5.10 Å². The van der Waals surface area contributed by atoms with E-state index in [1.54, 1.807) is 62.1 Å². The third kappa shape index (κ3) is 5.40. The van der Waals surface area contributed by atoms with Crippen LogP contribution in [0.5, 0.6) is 11.5 Å². The molecule has 27 heavy (non-hydrogen) atoms. The van der Waals surface area contributed by atoms with Crippen LogP contribution in [-0.4, -0.2) is 24.2 Å². The van der Waals surface area contributed by atoms with E-state index in [0.29, 0.717) is 17.9 Å². The molecule has 6 heteroatoms. The van der Waals surface area contributed by atoms with E-state index < -0.39 is 0 Å². The van der Waals surface area contributed by atoms with Crippen LogP contribution in [0.2, 0.25) is 0 Å². The number of hydrazone groups is 1. The highest BCUT2D eigenvalue weighted by Gasteiger charge is 2.05. The van der Waals surface area contributed by atoms with E-state index in [1.807, 2.05) is 24.3 Å². The molecule has 0 unspecified atom stereocenters. The van der Waals surface area contributed by atoms with Crippen LogP contribution >= 0.6 is 0 Å². The summed E-state index contributed by atoms with van der Waals surface area (Å²) in [7, 11) is 1.63. The zero-order valence-corrected chi connectivity index (χ0v) is 14.8. The minimum atomic E-state index is -0.292. The van der Waals surface area contributed by atoms with Crippen LogP contribution in [0.15, 0.2) is 78.2 Å². The molecule has 0 bridgehead atoms. The standard InChI is InChI=1S/C21H19N3O3/c1-26-20-4-2-3-17(13-20)15-27-19-7-5-18(6-8-19)21(25)24-23-14-16-9-11-22-12-10-16/h2-14H,15H2,1H3,(H,24,25). The summed E-state index contributed by atoms with van der Waals surface area (Å²) in [5.41, 5.74) is 4.84. The molecule has 1 aromatic heterocycles. The first-order valence-corrected chi connectivity index (χ1v) is 8.34. The summed E-state index contributed by atoms with van der Waals surface area (Å²) in [5.74, 6) is 1.17. The van der Waals surface area contributed by atoms with Crippen molar-refractivity contribution in [1.29, 1.82) is 0 Å². The van der Waals surface area contributed by atoms with Crippen LogP contribution in [0.1, 0.15) is 21.5 Å². The van der Waals surface area contributed by atoms with Crippen LogP contribution in [0.3, 0.4) is 0 Å². The molecule has 0 fully saturated rings. The summed E-state index contributed by atoms with van der Waals surface area (Å²) >= 11 is 0. The first-order chi connectivity index (χ1) is 13.2. The van der Waals surface area contributed by atoms with E-state index in [-0.39, 0.29) is 5.91 Å². The van der Waals surface area contributed by atoms with Crippen molar-refractivity contribution >= 4 is 12.1 Å². The Hall–Kier alpha value is -3.67. The number of methoxy groups -OCH3 is 1. The van der Waals surface area contributed by atoms with Crippen LogP contribution < -0.4 is 14.9 Å². The second-order valence-electron chi connectivity index (χ2n) is 5.64. The number of carbonyl (C=O) groups is 1. The van der Waals surface area contributed by atoms with Crippen molar-refractivity contribution < 1.29 is 14.3 Å². The zero-order chi connectivity index (χ0) is 18.9. The normalized spacial score (nSPS) is 10.6. The number of benzene rings is 2. The van der Waals surface area contributed by atoms with Gasteiger partial charge in [0.15, 0.2) is 0 Å². The quantitative estimate of drug-likeness (QED) is 0.517. The summed E-state index contributed by atoms with van der Waals surface area (Å²) in [6, 6.07) is 18.2. The molecule has 0 atom stereocenters. The lowest BCUT2D eigenvalue weighted by Gasteiger charge is -2.08. The predicted octanol–water partition coefficient (Wildman–Crippen LogP) is 3.43. The number of ether oxygens (including phenoxy) is 2. The molecule has 0 radical (unpaired) electrons. The largest absolute Gasteiger partial charge is 0.497 e. The molecule has 3 aromatic rings. The molecule has 0 aliphatic heterocycles.